The molecule has 11 nitrogen and oxygen atoms in total. The van der Waals surface area contributed by atoms with Crippen LogP contribution in [0.4, 0.5) is 22.7 Å². The fraction of sp³-hybridized carbons (Fsp3) is 0.581. The number of methoxy groups -OCH3 is 1. The molecule has 0 aliphatic carbocycles. The lowest BCUT2D eigenvalue weighted by Crippen LogP contribution is -2.49. The Balaban J connectivity index is 1.44. The SMILES string of the molecule is C=C(F)/C(=N\C=N/CNc1nc(-c2cnc(OC)c(C(F)(F)F)c2)c(CN2CCCC2CC)s1)N1CCN(CCC(=O)OCC)CC1. The molecule has 0 bridgehead atoms. The highest BCUT2D eigenvalue weighted by atomic mass is 32.1. The van der Waals surface area contributed by atoms with Crippen molar-refractivity contribution in [1.82, 2.24) is 24.7 Å². The van der Waals surface area contributed by atoms with Crippen molar-refractivity contribution in [3.05, 3.63) is 35.1 Å². The van der Waals surface area contributed by atoms with Crippen LogP contribution in [0.15, 0.2) is 34.7 Å². The second kappa shape index (κ2) is 17.0. The summed E-state index contributed by atoms with van der Waals surface area (Å²) in [6.45, 7) is 12.0. The summed E-state index contributed by atoms with van der Waals surface area (Å²) in [5.74, 6) is -1.34. The van der Waals surface area contributed by atoms with Gasteiger partial charge in [-0.25, -0.2) is 19.4 Å². The number of piperazine rings is 1. The number of esters is 1. The quantitative estimate of drug-likeness (QED) is 0.120. The Morgan fingerprint density at radius 2 is 2.00 bits per heavy atom. The summed E-state index contributed by atoms with van der Waals surface area (Å²) < 4.78 is 65.5. The van der Waals surface area contributed by atoms with Gasteiger partial charge < -0.3 is 19.7 Å². The lowest BCUT2D eigenvalue weighted by molar-refractivity contribution is -0.143. The smallest absolute Gasteiger partial charge is 0.421 e. The zero-order chi connectivity index (χ0) is 34.0. The molecule has 4 heterocycles. The van der Waals surface area contributed by atoms with Crippen LogP contribution in [0.25, 0.3) is 11.3 Å². The molecule has 2 aliphatic rings. The minimum Gasteiger partial charge on any atom is -0.481 e. The number of aliphatic imine (C=N–C) groups is 2. The number of anilines is 1. The summed E-state index contributed by atoms with van der Waals surface area (Å²) in [7, 11) is 1.15. The van der Waals surface area contributed by atoms with E-state index >= 15 is 0 Å². The van der Waals surface area contributed by atoms with Crippen molar-refractivity contribution in [3.8, 4) is 17.1 Å². The minimum absolute atomic E-state index is 0.0551. The molecule has 47 heavy (non-hydrogen) atoms. The average molecular weight is 683 g/mol. The van der Waals surface area contributed by atoms with Crippen molar-refractivity contribution in [2.45, 2.75) is 58.3 Å². The number of rotatable bonds is 14. The Kier molecular flexibility index (Phi) is 13.1. The Morgan fingerprint density at radius 1 is 1.23 bits per heavy atom. The maximum Gasteiger partial charge on any atom is 0.421 e. The van der Waals surface area contributed by atoms with Gasteiger partial charge in [0.1, 0.15) is 18.6 Å². The molecule has 2 saturated heterocycles. The standard InChI is InChI=1S/C31H42F4N8O3S/c1-5-23-8-7-10-43(23)18-25-27(22-16-24(31(33,34)35)29(45-4)37-17-22)40-30(47-25)39-20-36-19-38-28(21(3)32)42-14-12-41(13-15-42)11-9-26(44)46-6-2/h16-17,19,23H,3,5-15,18,20H2,1-2,4H3,(H,39,40)/b36-19-,38-28+. The summed E-state index contributed by atoms with van der Waals surface area (Å²) in [5.41, 5.74) is -0.312. The summed E-state index contributed by atoms with van der Waals surface area (Å²) in [6, 6.07) is 1.42. The molecule has 2 aliphatic heterocycles. The molecule has 0 aromatic carbocycles. The number of hydrogen-bond acceptors (Lipinski definition) is 10. The Bertz CT molecular complexity index is 1430. The number of alkyl halides is 3. The van der Waals surface area contributed by atoms with Crippen molar-refractivity contribution >= 4 is 34.6 Å². The molecule has 1 atom stereocenters. The summed E-state index contributed by atoms with van der Waals surface area (Å²) in [6.07, 6.45) is 1.36. The van der Waals surface area contributed by atoms with Crippen LogP contribution in [0, 0.1) is 0 Å². The van der Waals surface area contributed by atoms with E-state index in [1.165, 1.54) is 23.9 Å². The van der Waals surface area contributed by atoms with Gasteiger partial charge in [-0.1, -0.05) is 13.5 Å². The monoisotopic (exact) mass is 682 g/mol. The number of ether oxygens (including phenoxy) is 2. The molecule has 258 valence electrons. The fourth-order valence-corrected chi connectivity index (χ4v) is 6.69. The van der Waals surface area contributed by atoms with Crippen molar-refractivity contribution in [1.29, 1.82) is 0 Å². The first-order valence-electron chi connectivity index (χ1n) is 15.7. The van der Waals surface area contributed by atoms with Gasteiger partial charge in [0.25, 0.3) is 0 Å². The van der Waals surface area contributed by atoms with Crippen molar-refractivity contribution < 1.29 is 31.8 Å². The van der Waals surface area contributed by atoms with Gasteiger partial charge in [-0.15, -0.1) is 11.3 Å². The number of aromatic nitrogens is 2. The molecule has 2 aromatic rings. The molecular formula is C31H42F4N8O3S. The first kappa shape index (κ1) is 36.2. The third-order valence-corrected chi connectivity index (χ3v) is 9.07. The third kappa shape index (κ3) is 9.93. The van der Waals surface area contributed by atoms with E-state index in [-0.39, 0.29) is 24.0 Å². The number of halogens is 4. The Hall–Kier alpha value is -3.63. The van der Waals surface area contributed by atoms with E-state index in [1.54, 1.807) is 11.8 Å². The van der Waals surface area contributed by atoms with Crippen LogP contribution in [0.5, 0.6) is 5.88 Å². The zero-order valence-corrected chi connectivity index (χ0v) is 27.8. The van der Waals surface area contributed by atoms with Gasteiger partial charge in [0, 0.05) is 61.9 Å². The van der Waals surface area contributed by atoms with Crippen LogP contribution in [0.1, 0.15) is 50.0 Å². The molecular weight excluding hydrogens is 640 g/mol. The minimum atomic E-state index is -4.65. The predicted molar refractivity (Wildman–Crippen MR) is 175 cm³/mol. The van der Waals surface area contributed by atoms with Gasteiger partial charge in [-0.05, 0) is 38.8 Å². The van der Waals surface area contributed by atoms with Crippen molar-refractivity contribution in [2.75, 3.05) is 65.0 Å². The highest BCUT2D eigenvalue weighted by Crippen LogP contribution is 2.40. The third-order valence-electron chi connectivity index (χ3n) is 8.07. The van der Waals surface area contributed by atoms with Crippen molar-refractivity contribution in [2.24, 2.45) is 9.98 Å². The fourth-order valence-electron chi connectivity index (χ4n) is 5.70. The Morgan fingerprint density at radius 3 is 2.66 bits per heavy atom. The van der Waals surface area contributed by atoms with Gasteiger partial charge in [-0.3, -0.25) is 19.6 Å². The van der Waals surface area contributed by atoms with Gasteiger partial charge in [-0.2, -0.15) is 13.2 Å². The van der Waals surface area contributed by atoms with Crippen LogP contribution in [-0.2, 0) is 22.3 Å². The zero-order valence-electron chi connectivity index (χ0n) is 27.0. The average Bonchev–Trinajstić information content (AvgIpc) is 3.68. The van der Waals surface area contributed by atoms with E-state index < -0.39 is 23.4 Å². The van der Waals surface area contributed by atoms with E-state index in [1.807, 2.05) is 0 Å². The number of hydrogen-bond donors (Lipinski definition) is 1. The van der Waals surface area contributed by atoms with E-state index in [0.717, 1.165) is 43.9 Å². The summed E-state index contributed by atoms with van der Waals surface area (Å²) in [4.78, 5) is 35.7. The second-order valence-electron chi connectivity index (χ2n) is 11.1. The van der Waals surface area contributed by atoms with Crippen LogP contribution in [0.2, 0.25) is 0 Å². The molecule has 16 heteroatoms. The molecule has 0 saturated carbocycles. The lowest BCUT2D eigenvalue weighted by Gasteiger charge is -2.35. The van der Waals surface area contributed by atoms with Gasteiger partial charge in [0.2, 0.25) is 5.88 Å². The van der Waals surface area contributed by atoms with E-state index in [0.29, 0.717) is 69.2 Å². The molecule has 1 unspecified atom stereocenters. The number of thiazole rings is 1. The summed E-state index contributed by atoms with van der Waals surface area (Å²) in [5, 5.41) is 3.57. The number of amidine groups is 1. The second-order valence-corrected chi connectivity index (χ2v) is 12.2. The predicted octanol–water partition coefficient (Wildman–Crippen LogP) is 5.46. The largest absolute Gasteiger partial charge is 0.481 e. The van der Waals surface area contributed by atoms with Crippen LogP contribution in [-0.4, -0.2) is 109 Å². The molecule has 1 N–H and O–H groups in total. The molecule has 2 aromatic heterocycles. The highest BCUT2D eigenvalue weighted by Gasteiger charge is 2.36. The maximum absolute atomic E-state index is 14.3. The Labute approximate surface area is 276 Å². The molecule has 0 radical (unpaired) electrons. The van der Waals surface area contributed by atoms with Gasteiger partial charge in [0.05, 0.1) is 25.8 Å². The first-order valence-corrected chi connectivity index (χ1v) is 16.5. The number of carbonyl (C=O) groups is 1. The maximum atomic E-state index is 14.3. The number of carbonyl (C=O) groups excluding carboxylic acids is 1. The number of pyridine rings is 1. The van der Waals surface area contributed by atoms with Crippen LogP contribution in [0.3, 0.4) is 0 Å². The number of nitrogens with zero attached hydrogens (tertiary/aromatic N) is 7. The van der Waals surface area contributed by atoms with E-state index in [2.05, 4.69) is 48.6 Å². The van der Waals surface area contributed by atoms with Gasteiger partial charge >= 0.3 is 12.1 Å². The van der Waals surface area contributed by atoms with E-state index in [9.17, 15) is 22.4 Å². The molecule has 4 rings (SSSR count). The van der Waals surface area contributed by atoms with Crippen molar-refractivity contribution in [3.63, 3.8) is 0 Å². The number of likely N-dealkylation sites (tertiary alicyclic amines) is 1. The van der Waals surface area contributed by atoms with Gasteiger partial charge in [0.15, 0.2) is 16.8 Å². The number of nitrogens with one attached hydrogen (secondary N) is 1. The lowest BCUT2D eigenvalue weighted by atomic mass is 10.1. The normalized spacial score (nSPS) is 18.2. The van der Waals surface area contributed by atoms with Crippen LogP contribution < -0.4 is 10.1 Å². The molecule has 0 amide bonds. The molecule has 0 spiro atoms. The van der Waals surface area contributed by atoms with E-state index in [4.69, 9.17) is 9.47 Å². The molecule has 2 fully saturated rings. The summed E-state index contributed by atoms with van der Waals surface area (Å²) >= 11 is 1.35. The highest BCUT2D eigenvalue weighted by molar-refractivity contribution is 7.16. The van der Waals surface area contributed by atoms with Crippen LogP contribution >= 0.6 is 11.3 Å². The first-order chi connectivity index (χ1) is 22.5. The topological polar surface area (TPSA) is 108 Å².